The molecule has 6 nitrogen and oxygen atoms in total. The first kappa shape index (κ1) is 22.3. The molecule has 0 unspecified atom stereocenters. The smallest absolute Gasteiger partial charge is 0.259 e. The van der Waals surface area contributed by atoms with Crippen molar-refractivity contribution < 1.29 is 9.59 Å². The molecule has 3 aromatic rings. The van der Waals surface area contributed by atoms with Gasteiger partial charge in [0.05, 0.1) is 17.8 Å². The Balaban J connectivity index is 1.80. The fourth-order valence-corrected chi connectivity index (χ4v) is 3.27. The second kappa shape index (κ2) is 8.76. The van der Waals surface area contributed by atoms with Crippen LogP contribution in [0.5, 0.6) is 0 Å². The van der Waals surface area contributed by atoms with Gasteiger partial charge in [-0.3, -0.25) is 14.3 Å². The maximum absolute atomic E-state index is 13.0. The average Bonchev–Trinajstić information content (AvgIpc) is 2.97. The van der Waals surface area contributed by atoms with Crippen molar-refractivity contribution in [2.24, 2.45) is 5.41 Å². The summed E-state index contributed by atoms with van der Waals surface area (Å²) in [4.78, 5) is 25.4. The molecule has 0 aliphatic heterocycles. The summed E-state index contributed by atoms with van der Waals surface area (Å²) in [5.41, 5.74) is 4.91. The fourth-order valence-electron chi connectivity index (χ4n) is 3.27. The van der Waals surface area contributed by atoms with Crippen LogP contribution < -0.4 is 10.6 Å². The van der Waals surface area contributed by atoms with Crippen molar-refractivity contribution in [3.8, 4) is 0 Å². The number of benzene rings is 2. The number of aryl methyl sites for hydroxylation is 2. The number of carbonyl (C=O) groups is 2. The van der Waals surface area contributed by atoms with Crippen LogP contribution >= 0.6 is 0 Å². The predicted molar refractivity (Wildman–Crippen MR) is 124 cm³/mol. The van der Waals surface area contributed by atoms with Crippen molar-refractivity contribution in [3.05, 3.63) is 76.6 Å². The van der Waals surface area contributed by atoms with E-state index in [9.17, 15) is 9.59 Å². The number of amides is 2. The summed E-state index contributed by atoms with van der Waals surface area (Å²) < 4.78 is 1.85. The third-order valence-corrected chi connectivity index (χ3v) is 5.21. The molecule has 0 saturated carbocycles. The molecular formula is C25H30N4O2. The number of rotatable bonds is 5. The molecule has 0 bridgehead atoms. The third kappa shape index (κ3) is 5.20. The van der Waals surface area contributed by atoms with E-state index in [1.807, 2.05) is 88.7 Å². The Morgan fingerprint density at radius 2 is 1.65 bits per heavy atom. The summed E-state index contributed by atoms with van der Waals surface area (Å²) in [6.07, 6.45) is 0. The first-order valence-electron chi connectivity index (χ1n) is 10.4. The molecule has 0 aliphatic rings. The second-order valence-corrected chi connectivity index (χ2v) is 8.88. The van der Waals surface area contributed by atoms with E-state index in [4.69, 9.17) is 0 Å². The number of hydrogen-bond acceptors (Lipinski definition) is 3. The van der Waals surface area contributed by atoms with Crippen molar-refractivity contribution in [2.45, 2.75) is 48.1 Å². The summed E-state index contributed by atoms with van der Waals surface area (Å²) in [7, 11) is 0. The van der Waals surface area contributed by atoms with E-state index in [-0.39, 0.29) is 11.8 Å². The Bertz CT molecular complexity index is 1110. The van der Waals surface area contributed by atoms with Crippen LogP contribution in [0.1, 0.15) is 53.6 Å². The fraction of sp³-hybridized carbons (Fsp3) is 0.320. The van der Waals surface area contributed by atoms with Crippen molar-refractivity contribution in [1.29, 1.82) is 0 Å². The number of nitrogens with one attached hydrogen (secondary N) is 2. The van der Waals surface area contributed by atoms with Crippen LogP contribution in [-0.2, 0) is 11.3 Å². The highest BCUT2D eigenvalue weighted by Crippen LogP contribution is 2.25. The van der Waals surface area contributed by atoms with Crippen LogP contribution in [0.15, 0.2) is 48.5 Å². The molecule has 2 amide bonds. The molecular weight excluding hydrogens is 388 g/mol. The van der Waals surface area contributed by atoms with Crippen LogP contribution in [0.2, 0.25) is 0 Å². The lowest BCUT2D eigenvalue weighted by Gasteiger charge is -2.19. The SMILES string of the molecule is Cc1ccc(NC(=O)c2c(C)nn(Cc3ccccc3)c2C)cc1NC(=O)C(C)(C)C. The van der Waals surface area contributed by atoms with Gasteiger partial charge in [0.1, 0.15) is 0 Å². The van der Waals surface area contributed by atoms with Gasteiger partial charge in [0.15, 0.2) is 0 Å². The predicted octanol–water partition coefficient (Wildman–Crippen LogP) is 5.09. The molecule has 0 fully saturated rings. The van der Waals surface area contributed by atoms with Gasteiger partial charge in [-0.2, -0.15) is 5.10 Å². The minimum absolute atomic E-state index is 0.0760. The van der Waals surface area contributed by atoms with Gasteiger partial charge in [-0.15, -0.1) is 0 Å². The molecule has 3 rings (SSSR count). The van der Waals surface area contributed by atoms with Crippen LogP contribution in [0, 0.1) is 26.2 Å². The lowest BCUT2D eigenvalue weighted by atomic mass is 9.95. The monoisotopic (exact) mass is 418 g/mol. The van der Waals surface area contributed by atoms with Gasteiger partial charge in [-0.05, 0) is 44.0 Å². The van der Waals surface area contributed by atoms with Gasteiger partial charge >= 0.3 is 0 Å². The van der Waals surface area contributed by atoms with Gasteiger partial charge < -0.3 is 10.6 Å². The average molecular weight is 419 g/mol. The van der Waals surface area contributed by atoms with E-state index in [1.165, 1.54) is 0 Å². The minimum Gasteiger partial charge on any atom is -0.325 e. The Kier molecular flexibility index (Phi) is 6.29. The number of nitrogens with zero attached hydrogens (tertiary/aromatic N) is 2. The van der Waals surface area contributed by atoms with E-state index in [0.29, 0.717) is 29.2 Å². The summed E-state index contributed by atoms with van der Waals surface area (Å²) in [6.45, 7) is 11.9. The zero-order chi connectivity index (χ0) is 22.8. The molecule has 2 N–H and O–H groups in total. The maximum atomic E-state index is 13.0. The van der Waals surface area contributed by atoms with Crippen molar-refractivity contribution >= 4 is 23.2 Å². The molecule has 0 atom stereocenters. The topological polar surface area (TPSA) is 76.0 Å². The highest BCUT2D eigenvalue weighted by atomic mass is 16.2. The van der Waals surface area contributed by atoms with Crippen molar-refractivity contribution in [1.82, 2.24) is 9.78 Å². The van der Waals surface area contributed by atoms with Crippen LogP contribution in [0.4, 0.5) is 11.4 Å². The molecule has 1 heterocycles. The molecule has 0 radical (unpaired) electrons. The normalized spacial score (nSPS) is 11.3. The van der Waals surface area contributed by atoms with Gasteiger partial charge in [0, 0.05) is 22.5 Å². The molecule has 0 spiro atoms. The second-order valence-electron chi connectivity index (χ2n) is 8.88. The first-order valence-corrected chi connectivity index (χ1v) is 10.4. The Hall–Kier alpha value is -3.41. The van der Waals surface area contributed by atoms with Gasteiger partial charge in [-0.1, -0.05) is 57.2 Å². The van der Waals surface area contributed by atoms with Crippen LogP contribution in [0.3, 0.4) is 0 Å². The van der Waals surface area contributed by atoms with E-state index < -0.39 is 5.41 Å². The van der Waals surface area contributed by atoms with E-state index in [0.717, 1.165) is 16.8 Å². The zero-order valence-electron chi connectivity index (χ0n) is 19.0. The summed E-state index contributed by atoms with van der Waals surface area (Å²) in [5.74, 6) is -0.292. The van der Waals surface area contributed by atoms with E-state index in [1.54, 1.807) is 6.07 Å². The molecule has 0 aliphatic carbocycles. The zero-order valence-corrected chi connectivity index (χ0v) is 19.0. The molecule has 31 heavy (non-hydrogen) atoms. The van der Waals surface area contributed by atoms with Crippen LogP contribution in [-0.4, -0.2) is 21.6 Å². The standard InChI is InChI=1S/C25H30N4O2/c1-16-12-13-20(14-21(16)27-24(31)25(4,5)6)26-23(30)22-17(2)28-29(18(22)3)15-19-10-8-7-9-11-19/h7-14H,15H2,1-6H3,(H,26,30)(H,27,31). The van der Waals surface area contributed by atoms with Gasteiger partial charge in [0.25, 0.3) is 5.91 Å². The largest absolute Gasteiger partial charge is 0.325 e. The Morgan fingerprint density at radius 1 is 0.968 bits per heavy atom. The number of anilines is 2. The highest BCUT2D eigenvalue weighted by Gasteiger charge is 2.22. The maximum Gasteiger partial charge on any atom is 0.259 e. The third-order valence-electron chi connectivity index (χ3n) is 5.21. The van der Waals surface area contributed by atoms with Gasteiger partial charge in [-0.25, -0.2) is 0 Å². The van der Waals surface area contributed by atoms with E-state index in [2.05, 4.69) is 15.7 Å². The van der Waals surface area contributed by atoms with Crippen LogP contribution in [0.25, 0.3) is 0 Å². The Labute approximate surface area is 183 Å². The summed E-state index contributed by atoms with van der Waals surface area (Å²) in [5, 5.41) is 10.5. The molecule has 162 valence electrons. The molecule has 0 saturated heterocycles. The first-order chi connectivity index (χ1) is 14.6. The van der Waals surface area contributed by atoms with E-state index >= 15 is 0 Å². The molecule has 1 aromatic heterocycles. The van der Waals surface area contributed by atoms with Crippen molar-refractivity contribution in [3.63, 3.8) is 0 Å². The Morgan fingerprint density at radius 3 is 2.29 bits per heavy atom. The van der Waals surface area contributed by atoms with Gasteiger partial charge in [0.2, 0.25) is 5.91 Å². The lowest BCUT2D eigenvalue weighted by molar-refractivity contribution is -0.123. The number of carbonyl (C=O) groups excluding carboxylic acids is 2. The summed E-state index contributed by atoms with van der Waals surface area (Å²) >= 11 is 0. The van der Waals surface area contributed by atoms with Crippen molar-refractivity contribution in [2.75, 3.05) is 10.6 Å². The number of aromatic nitrogens is 2. The molecule has 2 aromatic carbocycles. The number of hydrogen-bond donors (Lipinski definition) is 2. The summed E-state index contributed by atoms with van der Waals surface area (Å²) in [6, 6.07) is 15.5. The highest BCUT2D eigenvalue weighted by molar-refractivity contribution is 6.06. The quantitative estimate of drug-likeness (QED) is 0.606. The minimum atomic E-state index is -0.507. The lowest BCUT2D eigenvalue weighted by Crippen LogP contribution is -2.28. The molecule has 6 heteroatoms.